The van der Waals surface area contributed by atoms with E-state index in [4.69, 9.17) is 0 Å². The quantitative estimate of drug-likeness (QED) is 0.710. The molecule has 1 heterocycles. The van der Waals surface area contributed by atoms with E-state index in [0.29, 0.717) is 24.4 Å². The number of amides is 2. The van der Waals surface area contributed by atoms with Crippen LogP contribution in [0, 0.1) is 0 Å². The Morgan fingerprint density at radius 1 is 1.03 bits per heavy atom. The summed E-state index contributed by atoms with van der Waals surface area (Å²) in [5.41, 5.74) is 0.557. The molecule has 7 nitrogen and oxygen atoms in total. The first-order valence-electron chi connectivity index (χ1n) is 10.6. The highest BCUT2D eigenvalue weighted by Crippen LogP contribution is 2.21. The minimum absolute atomic E-state index is 0.0170. The fourth-order valence-electron chi connectivity index (χ4n) is 3.46. The molecular weight excluding hydrogens is 402 g/mol. The Kier molecular flexibility index (Phi) is 8.43. The molecule has 1 aromatic carbocycles. The number of sulfonamides is 1. The number of hydrogen-bond donors (Lipinski definition) is 1. The standard InChI is InChI=1S/C22H35N3O4S/c1-22(2,3)23-20(26)17-24(4)21(27)14-11-18-9-12-19(13-10-18)30(28,29)25-15-7-5-6-8-16-25/h9-10,12-13H,5-8,11,14-17H2,1-4H3,(H,23,26). The highest BCUT2D eigenvalue weighted by Gasteiger charge is 2.25. The molecule has 0 atom stereocenters. The van der Waals surface area contributed by atoms with Gasteiger partial charge >= 0.3 is 0 Å². The second kappa shape index (κ2) is 10.4. The summed E-state index contributed by atoms with van der Waals surface area (Å²) in [5.74, 6) is -0.318. The van der Waals surface area contributed by atoms with E-state index in [9.17, 15) is 18.0 Å². The molecule has 0 saturated carbocycles. The highest BCUT2D eigenvalue weighted by molar-refractivity contribution is 7.89. The molecule has 30 heavy (non-hydrogen) atoms. The van der Waals surface area contributed by atoms with Crippen LogP contribution in [0.25, 0.3) is 0 Å². The van der Waals surface area contributed by atoms with Crippen molar-refractivity contribution in [2.75, 3.05) is 26.7 Å². The van der Waals surface area contributed by atoms with Crippen molar-refractivity contribution < 1.29 is 18.0 Å². The van der Waals surface area contributed by atoms with Gasteiger partial charge in [-0.05, 0) is 57.7 Å². The molecule has 1 aliphatic heterocycles. The van der Waals surface area contributed by atoms with Gasteiger partial charge in [-0.1, -0.05) is 25.0 Å². The first kappa shape index (κ1) is 24.3. The van der Waals surface area contributed by atoms with E-state index in [2.05, 4.69) is 5.32 Å². The van der Waals surface area contributed by atoms with Crippen LogP contribution in [0.3, 0.4) is 0 Å². The lowest BCUT2D eigenvalue weighted by Crippen LogP contribution is -2.46. The van der Waals surface area contributed by atoms with Crippen molar-refractivity contribution >= 4 is 21.8 Å². The molecule has 0 aromatic heterocycles. The third-order valence-corrected chi connectivity index (χ3v) is 6.99. The molecule has 1 saturated heterocycles. The number of aryl methyl sites for hydroxylation is 1. The zero-order valence-corrected chi connectivity index (χ0v) is 19.4. The van der Waals surface area contributed by atoms with Crippen molar-refractivity contribution in [2.24, 2.45) is 0 Å². The molecule has 1 aromatic rings. The molecule has 1 fully saturated rings. The van der Waals surface area contributed by atoms with Gasteiger partial charge in [0.2, 0.25) is 21.8 Å². The number of rotatable bonds is 7. The summed E-state index contributed by atoms with van der Waals surface area (Å²) in [5, 5.41) is 2.84. The minimum atomic E-state index is -3.46. The van der Waals surface area contributed by atoms with E-state index in [-0.39, 0.29) is 30.3 Å². The molecule has 0 spiro atoms. The summed E-state index contributed by atoms with van der Waals surface area (Å²) < 4.78 is 27.3. The molecule has 0 bridgehead atoms. The van der Waals surface area contributed by atoms with Crippen molar-refractivity contribution in [3.05, 3.63) is 29.8 Å². The van der Waals surface area contributed by atoms with Gasteiger partial charge < -0.3 is 10.2 Å². The number of nitrogens with zero attached hydrogens (tertiary/aromatic N) is 2. The minimum Gasteiger partial charge on any atom is -0.350 e. The number of nitrogens with one attached hydrogen (secondary N) is 1. The third-order valence-electron chi connectivity index (χ3n) is 5.07. The van der Waals surface area contributed by atoms with E-state index in [1.807, 2.05) is 20.8 Å². The van der Waals surface area contributed by atoms with Gasteiger partial charge in [0.05, 0.1) is 11.4 Å². The molecule has 2 amide bonds. The van der Waals surface area contributed by atoms with E-state index >= 15 is 0 Å². The maximum Gasteiger partial charge on any atom is 0.243 e. The Morgan fingerprint density at radius 2 is 1.60 bits per heavy atom. The van der Waals surface area contributed by atoms with Gasteiger partial charge in [-0.25, -0.2) is 8.42 Å². The first-order valence-corrected chi connectivity index (χ1v) is 12.1. The monoisotopic (exact) mass is 437 g/mol. The Balaban J connectivity index is 1.89. The molecule has 0 radical (unpaired) electrons. The summed E-state index contributed by atoms with van der Waals surface area (Å²) in [7, 11) is -1.85. The lowest BCUT2D eigenvalue weighted by Gasteiger charge is -2.23. The third kappa shape index (κ3) is 7.40. The summed E-state index contributed by atoms with van der Waals surface area (Å²) in [6.07, 6.45) is 4.71. The predicted molar refractivity (Wildman–Crippen MR) is 118 cm³/mol. The normalized spacial score (nSPS) is 16.0. The average molecular weight is 438 g/mol. The molecule has 1 aliphatic rings. The van der Waals surface area contributed by atoms with Crippen LogP contribution in [0.15, 0.2) is 29.2 Å². The topological polar surface area (TPSA) is 86.8 Å². The van der Waals surface area contributed by atoms with Crippen LogP contribution >= 0.6 is 0 Å². The summed E-state index contributed by atoms with van der Waals surface area (Å²) in [6, 6.07) is 6.79. The maximum absolute atomic E-state index is 12.8. The lowest BCUT2D eigenvalue weighted by molar-refractivity contribution is -0.135. The predicted octanol–water partition coefficient (Wildman–Crippen LogP) is 2.56. The van der Waals surface area contributed by atoms with Crippen LogP contribution in [-0.4, -0.2) is 61.7 Å². The van der Waals surface area contributed by atoms with Gasteiger partial charge in [0, 0.05) is 32.1 Å². The highest BCUT2D eigenvalue weighted by atomic mass is 32.2. The first-order chi connectivity index (χ1) is 14.0. The smallest absolute Gasteiger partial charge is 0.243 e. The van der Waals surface area contributed by atoms with Crippen molar-refractivity contribution in [2.45, 2.75) is 69.7 Å². The van der Waals surface area contributed by atoms with Crippen LogP contribution in [0.2, 0.25) is 0 Å². The molecule has 0 unspecified atom stereocenters. The number of hydrogen-bond acceptors (Lipinski definition) is 4. The second-order valence-electron chi connectivity index (χ2n) is 9.01. The maximum atomic E-state index is 12.8. The molecular formula is C22H35N3O4S. The molecule has 1 N–H and O–H groups in total. The zero-order chi connectivity index (χ0) is 22.4. The van der Waals surface area contributed by atoms with Crippen LogP contribution in [0.4, 0.5) is 0 Å². The Hall–Kier alpha value is -1.93. The second-order valence-corrected chi connectivity index (χ2v) is 10.9. The lowest BCUT2D eigenvalue weighted by atomic mass is 10.1. The van der Waals surface area contributed by atoms with Gasteiger partial charge in [0.25, 0.3) is 0 Å². The van der Waals surface area contributed by atoms with Crippen LogP contribution in [0.1, 0.15) is 58.4 Å². The fraction of sp³-hybridized carbons (Fsp3) is 0.636. The average Bonchev–Trinajstić information content (AvgIpc) is 2.95. The summed E-state index contributed by atoms with van der Waals surface area (Å²) in [6.45, 7) is 6.85. The Labute approximate surface area is 180 Å². The van der Waals surface area contributed by atoms with Crippen molar-refractivity contribution in [1.29, 1.82) is 0 Å². The van der Waals surface area contributed by atoms with Gasteiger partial charge in [0.1, 0.15) is 0 Å². The molecule has 8 heteroatoms. The van der Waals surface area contributed by atoms with Crippen LogP contribution < -0.4 is 5.32 Å². The summed E-state index contributed by atoms with van der Waals surface area (Å²) in [4.78, 5) is 26.0. The van der Waals surface area contributed by atoms with Crippen LogP contribution in [0.5, 0.6) is 0 Å². The van der Waals surface area contributed by atoms with Gasteiger partial charge in [-0.15, -0.1) is 0 Å². The van der Waals surface area contributed by atoms with Crippen molar-refractivity contribution in [1.82, 2.24) is 14.5 Å². The van der Waals surface area contributed by atoms with Crippen LogP contribution in [-0.2, 0) is 26.0 Å². The van der Waals surface area contributed by atoms with E-state index in [0.717, 1.165) is 31.2 Å². The fourth-order valence-corrected chi connectivity index (χ4v) is 4.98. The van der Waals surface area contributed by atoms with Gasteiger partial charge in [-0.2, -0.15) is 4.31 Å². The van der Waals surface area contributed by atoms with E-state index in [1.54, 1.807) is 35.6 Å². The number of carbonyl (C=O) groups excluding carboxylic acids is 2. The zero-order valence-electron chi connectivity index (χ0n) is 18.6. The Bertz CT molecular complexity index is 821. The van der Waals surface area contributed by atoms with Gasteiger partial charge in [0.15, 0.2) is 0 Å². The van der Waals surface area contributed by atoms with Gasteiger partial charge in [-0.3, -0.25) is 9.59 Å². The number of likely N-dealkylation sites (N-methyl/N-ethyl adjacent to an activating group) is 1. The van der Waals surface area contributed by atoms with Crippen molar-refractivity contribution in [3.8, 4) is 0 Å². The Morgan fingerprint density at radius 3 is 2.13 bits per heavy atom. The molecule has 2 rings (SSSR count). The van der Waals surface area contributed by atoms with E-state index < -0.39 is 10.0 Å². The molecule has 168 valence electrons. The SMILES string of the molecule is CN(CC(=O)NC(C)(C)C)C(=O)CCc1ccc(S(=O)(=O)N2CCCCCC2)cc1. The van der Waals surface area contributed by atoms with Crippen molar-refractivity contribution in [3.63, 3.8) is 0 Å². The summed E-state index contributed by atoms with van der Waals surface area (Å²) >= 11 is 0. The van der Waals surface area contributed by atoms with E-state index in [1.165, 1.54) is 4.90 Å². The number of carbonyl (C=O) groups is 2. The number of benzene rings is 1. The molecule has 0 aliphatic carbocycles. The largest absolute Gasteiger partial charge is 0.350 e.